The second-order valence-electron chi connectivity index (χ2n) is 12.1. The molecule has 4 amide bonds. The Bertz CT molecular complexity index is 905. The molecule has 1 heterocycles. The minimum atomic E-state index is -0.887. The summed E-state index contributed by atoms with van der Waals surface area (Å²) in [5, 5.41) is 11.4. The molecule has 1 aliphatic rings. The highest BCUT2D eigenvalue weighted by Crippen LogP contribution is 2.14. The lowest BCUT2D eigenvalue weighted by Crippen LogP contribution is -2.58. The molecular formula is C31H60N8O6. The first-order valence-corrected chi connectivity index (χ1v) is 16.7. The Kier molecular flexibility index (Phi) is 20.8. The monoisotopic (exact) mass is 640 g/mol. The molecule has 1 rings (SSSR count). The number of nitrogens with zero attached hydrogens (tertiary/aromatic N) is 1. The molecule has 45 heavy (non-hydrogen) atoms. The zero-order valence-electron chi connectivity index (χ0n) is 27.9. The van der Waals surface area contributed by atoms with Crippen LogP contribution in [0.15, 0.2) is 4.99 Å². The minimum Gasteiger partial charge on any atom is -0.370 e. The summed E-state index contributed by atoms with van der Waals surface area (Å²) in [5.74, 6) is -1.38. The second kappa shape index (κ2) is 23.4. The lowest BCUT2D eigenvalue weighted by molar-refractivity contribution is -0.166. The molecule has 0 bridgehead atoms. The van der Waals surface area contributed by atoms with Gasteiger partial charge in [0.25, 0.3) is 0 Å². The van der Waals surface area contributed by atoms with E-state index >= 15 is 0 Å². The van der Waals surface area contributed by atoms with Crippen LogP contribution < -0.4 is 38.5 Å². The number of hydrogen-bond donors (Lipinski definition) is 7. The molecule has 14 nitrogen and oxygen atoms in total. The van der Waals surface area contributed by atoms with Crippen LogP contribution in [-0.2, 0) is 28.7 Å². The van der Waals surface area contributed by atoms with Crippen molar-refractivity contribution in [1.82, 2.24) is 21.3 Å². The van der Waals surface area contributed by atoms with Crippen molar-refractivity contribution in [3.63, 3.8) is 0 Å². The number of nitrogens with one attached hydrogen (secondary N) is 4. The van der Waals surface area contributed by atoms with Gasteiger partial charge in [-0.1, -0.05) is 40.5 Å². The molecule has 10 N–H and O–H groups in total. The van der Waals surface area contributed by atoms with E-state index in [-0.39, 0.29) is 30.1 Å². The molecule has 1 aliphatic heterocycles. The number of carbonyl (C=O) groups is 4. The fraction of sp³-hybridized carbons (Fsp3) is 0.839. The summed E-state index contributed by atoms with van der Waals surface area (Å²) < 4.78 is 12.2. The Balaban J connectivity index is 3.14. The van der Waals surface area contributed by atoms with E-state index in [1.165, 1.54) is 0 Å². The maximum Gasteiger partial charge on any atom is 0.243 e. The maximum atomic E-state index is 13.8. The van der Waals surface area contributed by atoms with Crippen molar-refractivity contribution < 1.29 is 28.7 Å². The summed E-state index contributed by atoms with van der Waals surface area (Å²) in [6.07, 6.45) is 6.58. The molecule has 0 aromatic rings. The third kappa shape index (κ3) is 17.3. The molecule has 0 aromatic carbocycles. The first-order chi connectivity index (χ1) is 21.5. The van der Waals surface area contributed by atoms with Crippen molar-refractivity contribution >= 4 is 29.6 Å². The normalized spacial score (nSPS) is 16.6. The van der Waals surface area contributed by atoms with E-state index in [9.17, 15) is 19.2 Å². The summed E-state index contributed by atoms with van der Waals surface area (Å²) in [5.41, 5.74) is 16.7. The van der Waals surface area contributed by atoms with E-state index in [1.807, 2.05) is 13.8 Å². The Hall–Kier alpha value is -2.97. The largest absolute Gasteiger partial charge is 0.370 e. The molecule has 260 valence electrons. The van der Waals surface area contributed by atoms with Crippen LogP contribution >= 0.6 is 0 Å². The predicted molar refractivity (Wildman–Crippen MR) is 175 cm³/mol. The molecular weight excluding hydrogens is 580 g/mol. The van der Waals surface area contributed by atoms with Crippen LogP contribution in [0, 0.1) is 5.92 Å². The quantitative estimate of drug-likeness (QED) is 0.0325. The van der Waals surface area contributed by atoms with Gasteiger partial charge < -0.3 is 47.9 Å². The van der Waals surface area contributed by atoms with Gasteiger partial charge in [0.2, 0.25) is 23.6 Å². The van der Waals surface area contributed by atoms with Crippen molar-refractivity contribution in [2.24, 2.45) is 28.1 Å². The Morgan fingerprint density at radius 2 is 1.56 bits per heavy atom. The zero-order chi connectivity index (χ0) is 33.6. The highest BCUT2D eigenvalue weighted by Gasteiger charge is 2.33. The van der Waals surface area contributed by atoms with Crippen LogP contribution in [0.3, 0.4) is 0 Å². The first-order valence-electron chi connectivity index (χ1n) is 16.7. The number of rotatable bonds is 25. The number of guanidine groups is 1. The summed E-state index contributed by atoms with van der Waals surface area (Å²) >= 11 is 0. The second-order valence-corrected chi connectivity index (χ2v) is 12.1. The van der Waals surface area contributed by atoms with Gasteiger partial charge in [0.05, 0.1) is 6.04 Å². The van der Waals surface area contributed by atoms with Crippen molar-refractivity contribution in [3.05, 3.63) is 0 Å². The molecule has 14 heteroatoms. The average Bonchev–Trinajstić information content (AvgIpc) is 3.43. The molecule has 0 radical (unpaired) electrons. The molecule has 0 saturated carbocycles. The summed E-state index contributed by atoms with van der Waals surface area (Å²) in [6.45, 7) is 9.85. The van der Waals surface area contributed by atoms with Crippen molar-refractivity contribution in [2.75, 3.05) is 26.3 Å². The van der Waals surface area contributed by atoms with Gasteiger partial charge in [0.1, 0.15) is 18.1 Å². The van der Waals surface area contributed by atoms with Crippen LogP contribution in [0.4, 0.5) is 0 Å². The van der Waals surface area contributed by atoms with Gasteiger partial charge in [0, 0.05) is 26.2 Å². The highest BCUT2D eigenvalue weighted by molar-refractivity contribution is 5.95. The highest BCUT2D eigenvalue weighted by atomic mass is 16.7. The van der Waals surface area contributed by atoms with Crippen LogP contribution in [0.1, 0.15) is 105 Å². The van der Waals surface area contributed by atoms with Crippen molar-refractivity contribution in [1.29, 1.82) is 0 Å². The van der Waals surface area contributed by atoms with Crippen LogP contribution in [0.25, 0.3) is 0 Å². The molecule has 0 unspecified atom stereocenters. The van der Waals surface area contributed by atoms with Crippen LogP contribution in [0.2, 0.25) is 0 Å². The minimum absolute atomic E-state index is 0.00587. The molecule has 0 aromatic heterocycles. The van der Waals surface area contributed by atoms with E-state index < -0.39 is 42.3 Å². The summed E-state index contributed by atoms with van der Waals surface area (Å²) in [4.78, 5) is 56.0. The molecule has 0 aliphatic carbocycles. The van der Waals surface area contributed by atoms with E-state index in [1.54, 1.807) is 0 Å². The molecule has 1 fully saturated rings. The molecule has 0 spiro atoms. The Morgan fingerprint density at radius 3 is 2.09 bits per heavy atom. The number of amides is 4. The van der Waals surface area contributed by atoms with Gasteiger partial charge in [-0.3, -0.25) is 24.2 Å². The van der Waals surface area contributed by atoms with Gasteiger partial charge in [0.15, 0.2) is 12.2 Å². The standard InChI is InChI=1S/C31H60N8O6/c1-5-7-18-44-30(45-19-8-6-2)24(13-11-17-35-31(33)34)38-29(43)25(20-21(3)4)39-27(41)22(12-9-10-16-32)37-28(42)23-14-15-26(40)36-23/h21-25,30H,5-20,32H2,1-4H3,(H,36,40)(H,37,42)(H,38,43)(H,39,41)(H4,33,34,35)/t22-,23-,24-,25-/m0/s1. The van der Waals surface area contributed by atoms with E-state index in [0.29, 0.717) is 71.2 Å². The Morgan fingerprint density at radius 1 is 0.911 bits per heavy atom. The van der Waals surface area contributed by atoms with E-state index in [2.05, 4.69) is 40.1 Å². The van der Waals surface area contributed by atoms with E-state index in [0.717, 1.165) is 25.7 Å². The molecule has 4 atom stereocenters. The number of aliphatic imine (C=N–C) groups is 1. The molecule has 1 saturated heterocycles. The first kappa shape index (κ1) is 40.1. The number of ether oxygens (including phenoxy) is 2. The SMILES string of the molecule is CCCCOC(OCCCC)[C@H](CCCN=C(N)N)NC(=O)[C@H](CC(C)C)NC(=O)[C@H](CCCCN)NC(=O)[C@@H]1CCC(=O)N1. The third-order valence-electron chi connectivity index (χ3n) is 7.42. The summed E-state index contributed by atoms with van der Waals surface area (Å²) in [7, 11) is 0. The van der Waals surface area contributed by atoms with Gasteiger partial charge in [-0.15, -0.1) is 0 Å². The Labute approximate surface area is 269 Å². The average molecular weight is 641 g/mol. The summed E-state index contributed by atoms with van der Waals surface area (Å²) in [6, 6.07) is -2.96. The number of nitrogens with two attached hydrogens (primary N) is 3. The number of carbonyl (C=O) groups excluding carboxylic acids is 4. The fourth-order valence-corrected chi connectivity index (χ4v) is 4.87. The van der Waals surface area contributed by atoms with Gasteiger partial charge in [-0.2, -0.15) is 0 Å². The maximum absolute atomic E-state index is 13.8. The van der Waals surface area contributed by atoms with Gasteiger partial charge in [-0.25, -0.2) is 0 Å². The van der Waals surface area contributed by atoms with E-state index in [4.69, 9.17) is 26.7 Å². The lowest BCUT2D eigenvalue weighted by Gasteiger charge is -2.31. The van der Waals surface area contributed by atoms with Gasteiger partial charge in [-0.05, 0) is 70.3 Å². The predicted octanol–water partition coefficient (Wildman–Crippen LogP) is 0.908. The number of hydrogen-bond acceptors (Lipinski definition) is 8. The zero-order valence-corrected chi connectivity index (χ0v) is 27.9. The van der Waals surface area contributed by atoms with Crippen LogP contribution in [-0.4, -0.2) is 86.3 Å². The van der Waals surface area contributed by atoms with Crippen molar-refractivity contribution in [3.8, 4) is 0 Å². The third-order valence-corrected chi connectivity index (χ3v) is 7.42. The smallest absolute Gasteiger partial charge is 0.243 e. The fourth-order valence-electron chi connectivity index (χ4n) is 4.87. The van der Waals surface area contributed by atoms with Crippen molar-refractivity contribution in [2.45, 2.75) is 135 Å². The van der Waals surface area contributed by atoms with Crippen LogP contribution in [0.5, 0.6) is 0 Å². The number of unbranched alkanes of at least 4 members (excludes halogenated alkanes) is 3. The lowest BCUT2D eigenvalue weighted by atomic mass is 10.0. The topological polar surface area (TPSA) is 225 Å². The van der Waals surface area contributed by atoms with Gasteiger partial charge >= 0.3 is 0 Å².